The first-order chi connectivity index (χ1) is 16.4. The van der Waals surface area contributed by atoms with E-state index in [9.17, 15) is 4.79 Å². The second-order valence-electron chi connectivity index (χ2n) is 9.30. The molecule has 2 aromatic carbocycles. The predicted molar refractivity (Wildman–Crippen MR) is 138 cm³/mol. The zero-order valence-corrected chi connectivity index (χ0v) is 21.1. The molecule has 4 heteroatoms. The summed E-state index contributed by atoms with van der Waals surface area (Å²) in [6, 6.07) is 12.0. The van der Waals surface area contributed by atoms with Gasteiger partial charge in [-0.05, 0) is 101 Å². The minimum absolute atomic E-state index is 0.323. The molecule has 182 valence electrons. The van der Waals surface area contributed by atoms with Gasteiger partial charge in [0, 0.05) is 12.8 Å². The lowest BCUT2D eigenvalue weighted by Crippen LogP contribution is -2.03. The number of hydrogen-bond acceptors (Lipinski definition) is 4. The first kappa shape index (κ1) is 25.6. The normalized spacial score (nSPS) is 14.6. The molecule has 2 aromatic rings. The maximum Gasteiger partial charge on any atom is 0.169 e. The zero-order chi connectivity index (χ0) is 24.3. The SMILES string of the molecule is COc1ccc2cc1Oc1cc(ccc1OC/C=C(\C)CCC=C(C)C)CCC(=O)CCCC2. The molecular formula is C30H38O4. The number of methoxy groups -OCH3 is 1. The van der Waals surface area contributed by atoms with Crippen molar-refractivity contribution < 1.29 is 19.0 Å². The molecule has 0 fully saturated rings. The maximum absolute atomic E-state index is 12.3. The molecule has 0 saturated carbocycles. The van der Waals surface area contributed by atoms with Crippen LogP contribution in [-0.4, -0.2) is 19.5 Å². The van der Waals surface area contributed by atoms with Gasteiger partial charge < -0.3 is 14.2 Å². The minimum atomic E-state index is 0.323. The average molecular weight is 463 g/mol. The van der Waals surface area contributed by atoms with Crippen molar-refractivity contribution in [2.45, 2.75) is 72.1 Å². The highest BCUT2D eigenvalue weighted by molar-refractivity contribution is 5.78. The fourth-order valence-corrected chi connectivity index (χ4v) is 4.01. The van der Waals surface area contributed by atoms with Crippen molar-refractivity contribution in [3.8, 4) is 23.0 Å². The van der Waals surface area contributed by atoms with Crippen LogP contribution in [0.1, 0.15) is 70.4 Å². The monoisotopic (exact) mass is 462 g/mol. The van der Waals surface area contributed by atoms with Gasteiger partial charge in [-0.25, -0.2) is 0 Å². The third kappa shape index (κ3) is 8.09. The van der Waals surface area contributed by atoms with Crippen LogP contribution in [0.5, 0.6) is 23.0 Å². The lowest BCUT2D eigenvalue weighted by molar-refractivity contribution is -0.119. The number of carbonyl (C=O) groups is 1. The van der Waals surface area contributed by atoms with Gasteiger partial charge in [0.05, 0.1) is 7.11 Å². The van der Waals surface area contributed by atoms with E-state index in [-0.39, 0.29) is 0 Å². The molecule has 4 bridgehead atoms. The summed E-state index contributed by atoms with van der Waals surface area (Å²) in [5.41, 5.74) is 4.89. The lowest BCUT2D eigenvalue weighted by Gasteiger charge is -2.17. The van der Waals surface area contributed by atoms with Gasteiger partial charge in [0.15, 0.2) is 23.0 Å². The molecule has 1 aliphatic rings. The Hall–Kier alpha value is -3.01. The highest BCUT2D eigenvalue weighted by atomic mass is 16.5. The van der Waals surface area contributed by atoms with E-state index in [1.807, 2.05) is 30.3 Å². The number of benzene rings is 2. The fraction of sp³-hybridized carbons (Fsp3) is 0.433. The Morgan fingerprint density at radius 3 is 2.29 bits per heavy atom. The number of fused-ring (bicyclic) bond motifs is 4. The number of allylic oxidation sites excluding steroid dienone is 3. The predicted octanol–water partition coefficient (Wildman–Crippen LogP) is 7.79. The van der Waals surface area contributed by atoms with Crippen molar-refractivity contribution in [3.05, 3.63) is 70.8 Å². The molecule has 0 aliphatic carbocycles. The summed E-state index contributed by atoms with van der Waals surface area (Å²) in [4.78, 5) is 12.3. The van der Waals surface area contributed by atoms with Gasteiger partial charge in [0.2, 0.25) is 0 Å². The molecule has 3 rings (SSSR count). The van der Waals surface area contributed by atoms with Crippen molar-refractivity contribution in [1.82, 2.24) is 0 Å². The summed E-state index contributed by atoms with van der Waals surface area (Å²) >= 11 is 0. The number of carbonyl (C=O) groups excluding carboxylic acids is 1. The number of ketones is 1. The van der Waals surface area contributed by atoms with E-state index < -0.39 is 0 Å². The van der Waals surface area contributed by atoms with Crippen molar-refractivity contribution in [1.29, 1.82) is 0 Å². The maximum atomic E-state index is 12.3. The highest BCUT2D eigenvalue weighted by Crippen LogP contribution is 2.38. The number of aryl methyl sites for hydroxylation is 2. The molecule has 1 aliphatic heterocycles. The van der Waals surface area contributed by atoms with Crippen LogP contribution < -0.4 is 14.2 Å². The van der Waals surface area contributed by atoms with E-state index in [2.05, 4.69) is 39.0 Å². The van der Waals surface area contributed by atoms with Crippen LogP contribution in [-0.2, 0) is 17.6 Å². The Morgan fingerprint density at radius 1 is 0.882 bits per heavy atom. The van der Waals surface area contributed by atoms with E-state index in [0.29, 0.717) is 54.7 Å². The Labute approximate surface area is 204 Å². The molecule has 0 atom stereocenters. The number of rotatable bonds is 7. The Balaban J connectivity index is 1.83. The van der Waals surface area contributed by atoms with E-state index in [0.717, 1.165) is 37.7 Å². The van der Waals surface area contributed by atoms with Crippen LogP contribution in [0.4, 0.5) is 0 Å². The number of ether oxygens (including phenoxy) is 3. The number of hydrogen-bond donors (Lipinski definition) is 0. The first-order valence-corrected chi connectivity index (χ1v) is 12.4. The minimum Gasteiger partial charge on any atom is -0.493 e. The van der Waals surface area contributed by atoms with E-state index in [1.165, 1.54) is 16.7 Å². The van der Waals surface area contributed by atoms with Crippen molar-refractivity contribution in [2.24, 2.45) is 0 Å². The Morgan fingerprint density at radius 2 is 1.56 bits per heavy atom. The summed E-state index contributed by atoms with van der Waals surface area (Å²) in [5.74, 6) is 3.03. The van der Waals surface area contributed by atoms with Crippen molar-refractivity contribution in [3.63, 3.8) is 0 Å². The van der Waals surface area contributed by atoms with Gasteiger partial charge in [0.25, 0.3) is 0 Å². The Kier molecular flexibility index (Phi) is 9.81. The summed E-state index contributed by atoms with van der Waals surface area (Å²) in [6.45, 7) is 6.87. The molecular weight excluding hydrogens is 424 g/mol. The molecule has 0 unspecified atom stereocenters. The molecule has 0 radical (unpaired) electrons. The largest absolute Gasteiger partial charge is 0.493 e. The quantitative estimate of drug-likeness (QED) is 0.394. The van der Waals surface area contributed by atoms with Crippen LogP contribution in [0.2, 0.25) is 0 Å². The van der Waals surface area contributed by atoms with Crippen LogP contribution in [0, 0.1) is 0 Å². The fourth-order valence-electron chi connectivity index (χ4n) is 4.01. The van der Waals surface area contributed by atoms with Gasteiger partial charge in [-0.15, -0.1) is 0 Å². The molecule has 34 heavy (non-hydrogen) atoms. The molecule has 4 nitrogen and oxygen atoms in total. The van der Waals surface area contributed by atoms with E-state index in [1.54, 1.807) is 7.11 Å². The van der Waals surface area contributed by atoms with Crippen LogP contribution in [0.25, 0.3) is 0 Å². The van der Waals surface area contributed by atoms with Gasteiger partial charge in [-0.3, -0.25) is 4.79 Å². The standard InChI is InChI=1S/C30H38O4/c1-22(2)8-7-9-23(3)18-19-33-28-17-14-25-12-15-26(31)11-6-5-10-24-13-16-27(32-4)29(20-24)34-30(28)21-25/h8,13-14,16-18,20-21H,5-7,9-12,15,19H2,1-4H3/b23-18+. The van der Waals surface area contributed by atoms with Gasteiger partial charge in [-0.1, -0.05) is 29.4 Å². The Bertz CT molecular complexity index is 1030. The second kappa shape index (κ2) is 13.0. The van der Waals surface area contributed by atoms with Gasteiger partial charge in [-0.2, -0.15) is 0 Å². The second-order valence-corrected chi connectivity index (χ2v) is 9.30. The van der Waals surface area contributed by atoms with Crippen molar-refractivity contribution >= 4 is 5.78 Å². The number of Topliss-reactive ketones (excluding diaryl/α,β-unsaturated/α-hetero) is 1. The van der Waals surface area contributed by atoms with E-state index >= 15 is 0 Å². The van der Waals surface area contributed by atoms with Crippen LogP contribution >= 0.6 is 0 Å². The van der Waals surface area contributed by atoms with Crippen LogP contribution in [0.3, 0.4) is 0 Å². The molecule has 0 N–H and O–H groups in total. The first-order valence-electron chi connectivity index (χ1n) is 12.4. The third-order valence-electron chi connectivity index (χ3n) is 6.08. The van der Waals surface area contributed by atoms with E-state index in [4.69, 9.17) is 14.2 Å². The average Bonchev–Trinajstić information content (AvgIpc) is 2.81. The molecule has 0 amide bonds. The molecule has 0 saturated heterocycles. The molecule has 1 heterocycles. The van der Waals surface area contributed by atoms with Gasteiger partial charge in [0.1, 0.15) is 12.4 Å². The zero-order valence-electron chi connectivity index (χ0n) is 21.1. The highest BCUT2D eigenvalue weighted by Gasteiger charge is 2.14. The summed E-state index contributed by atoms with van der Waals surface area (Å²) < 4.78 is 18.1. The van der Waals surface area contributed by atoms with Crippen molar-refractivity contribution in [2.75, 3.05) is 13.7 Å². The topological polar surface area (TPSA) is 44.8 Å². The third-order valence-corrected chi connectivity index (χ3v) is 6.08. The smallest absolute Gasteiger partial charge is 0.169 e. The van der Waals surface area contributed by atoms with Gasteiger partial charge >= 0.3 is 0 Å². The lowest BCUT2D eigenvalue weighted by atomic mass is 10.0. The van der Waals surface area contributed by atoms with Crippen LogP contribution in [0.15, 0.2) is 59.7 Å². The summed E-state index contributed by atoms with van der Waals surface area (Å²) in [5, 5.41) is 0. The molecule has 0 spiro atoms. The molecule has 0 aromatic heterocycles. The summed E-state index contributed by atoms with van der Waals surface area (Å²) in [6.07, 6.45) is 11.2. The summed E-state index contributed by atoms with van der Waals surface area (Å²) in [7, 11) is 1.66.